The van der Waals surface area contributed by atoms with Gasteiger partial charge in [0, 0.05) is 62.4 Å². The van der Waals surface area contributed by atoms with Gasteiger partial charge in [0.15, 0.2) is 0 Å². The van der Waals surface area contributed by atoms with Crippen molar-refractivity contribution in [3.8, 4) is 0 Å². The maximum Gasteiger partial charge on any atom is 0.0772 e. The van der Waals surface area contributed by atoms with E-state index in [-0.39, 0.29) is 13.1 Å². The highest BCUT2D eigenvalue weighted by atomic mass is 31.1. The Balaban J connectivity index is 1.37. The van der Waals surface area contributed by atoms with Crippen LogP contribution in [0.2, 0.25) is 19.6 Å². The fourth-order valence-electron chi connectivity index (χ4n) is 9.78. The second-order valence-corrected chi connectivity index (χ2v) is 25.5. The maximum atomic E-state index is 4.00. The molecule has 4 bridgehead atoms. The lowest BCUT2D eigenvalue weighted by Gasteiger charge is -2.59. The minimum absolute atomic E-state index is 0.00631. The Morgan fingerprint density at radius 1 is 0.846 bits per heavy atom. The molecule has 2 saturated heterocycles. The average molecular weight is 589 g/mol. The van der Waals surface area contributed by atoms with Gasteiger partial charge in [0.05, 0.1) is 8.07 Å². The lowest BCUT2D eigenvalue weighted by atomic mass is 9.56. The zero-order valence-corrected chi connectivity index (χ0v) is 28.8. The molecule has 7 rings (SSSR count). The summed E-state index contributed by atoms with van der Waals surface area (Å²) in [6, 6.07) is 0.859. The van der Waals surface area contributed by atoms with E-state index in [9.17, 15) is 0 Å². The summed E-state index contributed by atoms with van der Waals surface area (Å²) in [6.07, 6.45) is 14.7. The summed E-state index contributed by atoms with van der Waals surface area (Å²) < 4.78 is 0. The summed E-state index contributed by atoms with van der Waals surface area (Å²) in [6.45, 7) is 21.9. The van der Waals surface area contributed by atoms with Crippen LogP contribution in [0.25, 0.3) is 0 Å². The van der Waals surface area contributed by atoms with Crippen LogP contribution in [0.4, 0.5) is 0 Å². The average Bonchev–Trinajstić information content (AvgIpc) is 3.33. The first-order valence-corrected chi connectivity index (χ1v) is 22.0. The van der Waals surface area contributed by atoms with E-state index in [2.05, 4.69) is 83.1 Å². The predicted octanol–water partition coefficient (Wildman–Crippen LogP) is 5.19. The normalized spacial score (nSPS) is 41.2. The molecule has 39 heavy (non-hydrogen) atoms. The van der Waals surface area contributed by atoms with Crippen molar-refractivity contribution in [3.05, 3.63) is 22.9 Å². The van der Waals surface area contributed by atoms with Gasteiger partial charge in [-0.3, -0.25) is 0 Å². The number of allylic oxidation sites excluding steroid dienone is 3. The van der Waals surface area contributed by atoms with Crippen LogP contribution in [0.15, 0.2) is 22.9 Å². The van der Waals surface area contributed by atoms with Crippen LogP contribution in [0, 0.1) is 29.6 Å². The standard InChI is InChI=1S/C32H58N4P2Si/c1-31(2,3)38(30-23-12-21-11-22(14-23)15-24(30)13-21)20-25-16-26(39(4,5)6)17-27(25)32(37,28-18-33-7-9-35-28)29-19-34-8-10-36-29/h16-17,21-25,28-30,33-36H,7-15,18-20,37H2,1-6H3. The van der Waals surface area contributed by atoms with Gasteiger partial charge in [-0.25, -0.2) is 0 Å². The van der Waals surface area contributed by atoms with Crippen LogP contribution in [-0.2, 0) is 0 Å². The maximum absolute atomic E-state index is 4.00. The van der Waals surface area contributed by atoms with Gasteiger partial charge in [0.1, 0.15) is 0 Å². The van der Waals surface area contributed by atoms with Gasteiger partial charge in [-0.15, -0.1) is 9.24 Å². The Morgan fingerprint density at radius 3 is 1.82 bits per heavy atom. The summed E-state index contributed by atoms with van der Waals surface area (Å²) in [5.41, 5.74) is 2.73. The highest BCUT2D eigenvalue weighted by Crippen LogP contribution is 2.68. The molecule has 6 fully saturated rings. The molecule has 4 N–H and O–H groups in total. The van der Waals surface area contributed by atoms with E-state index in [0.29, 0.717) is 23.2 Å². The molecule has 7 heteroatoms. The predicted molar refractivity (Wildman–Crippen MR) is 177 cm³/mol. The van der Waals surface area contributed by atoms with Crippen LogP contribution < -0.4 is 21.3 Å². The lowest BCUT2D eigenvalue weighted by Crippen LogP contribution is -2.69. The number of hydrogen-bond acceptors (Lipinski definition) is 4. The van der Waals surface area contributed by atoms with Crippen molar-refractivity contribution in [2.24, 2.45) is 29.6 Å². The molecule has 5 atom stereocenters. The highest BCUT2D eigenvalue weighted by molar-refractivity contribution is 7.60. The van der Waals surface area contributed by atoms with E-state index in [1.54, 1.807) is 42.9 Å². The van der Waals surface area contributed by atoms with Gasteiger partial charge >= 0.3 is 0 Å². The number of hydrogen-bond donors (Lipinski definition) is 4. The zero-order chi connectivity index (χ0) is 27.6. The Labute approximate surface area is 244 Å². The van der Waals surface area contributed by atoms with Crippen LogP contribution in [-0.4, -0.2) is 81.6 Å². The van der Waals surface area contributed by atoms with Gasteiger partial charge in [-0.05, 0) is 78.3 Å². The molecular weight excluding hydrogens is 530 g/mol. The van der Waals surface area contributed by atoms with Crippen molar-refractivity contribution in [1.82, 2.24) is 21.3 Å². The van der Waals surface area contributed by atoms with Crippen LogP contribution in [0.1, 0.15) is 52.9 Å². The molecule has 4 saturated carbocycles. The Hall–Kier alpha value is 0.397. The van der Waals surface area contributed by atoms with E-state index in [0.717, 1.165) is 68.6 Å². The van der Waals surface area contributed by atoms with Gasteiger partial charge < -0.3 is 21.3 Å². The molecule has 4 nitrogen and oxygen atoms in total. The first-order valence-electron chi connectivity index (χ1n) is 16.3. The topological polar surface area (TPSA) is 48.1 Å². The summed E-state index contributed by atoms with van der Waals surface area (Å²) >= 11 is 0. The monoisotopic (exact) mass is 588 g/mol. The highest BCUT2D eigenvalue weighted by Gasteiger charge is 2.54. The fourth-order valence-corrected chi connectivity index (χ4v) is 15.8. The molecule has 2 heterocycles. The van der Waals surface area contributed by atoms with Crippen molar-refractivity contribution in [2.45, 2.75) is 101 Å². The molecule has 5 unspecified atom stereocenters. The second-order valence-electron chi connectivity index (χ2n) is 16.2. The van der Waals surface area contributed by atoms with Gasteiger partial charge in [0.2, 0.25) is 0 Å². The van der Waals surface area contributed by atoms with Crippen molar-refractivity contribution < 1.29 is 0 Å². The molecular formula is C32H58N4P2Si. The summed E-state index contributed by atoms with van der Waals surface area (Å²) in [4.78, 5) is 0. The molecule has 0 aromatic rings. The third kappa shape index (κ3) is 5.71. The number of piperazine rings is 2. The SMILES string of the molecule is CC(C)(C)P(CC1C=C([Si](C)(C)C)C=C1C(P)(C1CNCCN1)C1CNCCN1)C1C2CC3CC(C2)CC1C3. The largest absolute Gasteiger partial charge is 0.314 e. The van der Waals surface area contributed by atoms with Crippen LogP contribution in [0.5, 0.6) is 0 Å². The molecule has 0 spiro atoms. The number of rotatable bonds is 7. The minimum atomic E-state index is -1.44. The van der Waals surface area contributed by atoms with Crippen LogP contribution >= 0.6 is 17.2 Å². The van der Waals surface area contributed by atoms with Crippen LogP contribution in [0.3, 0.4) is 0 Å². The van der Waals surface area contributed by atoms with E-state index < -0.39 is 8.07 Å². The summed E-state index contributed by atoms with van der Waals surface area (Å²) in [5, 5.41) is 17.6. The molecule has 5 aliphatic carbocycles. The quantitative estimate of drug-likeness (QED) is 0.244. The summed E-state index contributed by atoms with van der Waals surface area (Å²) in [7, 11) is 1.98. The summed E-state index contributed by atoms with van der Waals surface area (Å²) in [5.74, 6) is 4.76. The second kappa shape index (κ2) is 11.2. The van der Waals surface area contributed by atoms with E-state index in [1.165, 1.54) is 6.16 Å². The minimum Gasteiger partial charge on any atom is -0.314 e. The van der Waals surface area contributed by atoms with Crippen molar-refractivity contribution in [3.63, 3.8) is 0 Å². The third-order valence-electron chi connectivity index (χ3n) is 11.5. The molecule has 0 amide bonds. The van der Waals surface area contributed by atoms with Gasteiger partial charge in [0.25, 0.3) is 0 Å². The number of nitrogens with one attached hydrogen (secondary N) is 4. The Morgan fingerprint density at radius 2 is 1.38 bits per heavy atom. The Kier molecular flexibility index (Phi) is 8.43. The van der Waals surface area contributed by atoms with Gasteiger partial charge in [-0.2, -0.15) is 0 Å². The lowest BCUT2D eigenvalue weighted by molar-refractivity contribution is 0.0242. The Bertz CT molecular complexity index is 908. The van der Waals surface area contributed by atoms with Crippen molar-refractivity contribution in [2.75, 3.05) is 45.4 Å². The molecule has 0 aromatic carbocycles. The van der Waals surface area contributed by atoms with E-state index in [4.69, 9.17) is 0 Å². The molecule has 2 aliphatic heterocycles. The van der Waals surface area contributed by atoms with Crippen molar-refractivity contribution in [1.29, 1.82) is 0 Å². The van der Waals surface area contributed by atoms with E-state index in [1.807, 2.05) is 0 Å². The van der Waals surface area contributed by atoms with Gasteiger partial charge in [-0.1, -0.05) is 65.7 Å². The molecule has 220 valence electrons. The first kappa shape index (κ1) is 29.5. The zero-order valence-electron chi connectivity index (χ0n) is 25.8. The molecule has 7 aliphatic rings. The fraction of sp³-hybridized carbons (Fsp3) is 0.875. The molecule has 0 aromatic heterocycles. The van der Waals surface area contributed by atoms with E-state index >= 15 is 0 Å². The first-order chi connectivity index (χ1) is 18.4. The van der Waals surface area contributed by atoms with Crippen molar-refractivity contribution >= 4 is 25.2 Å². The third-order valence-corrected chi connectivity index (χ3v) is 18.7. The molecule has 0 radical (unpaired) electrons. The smallest absolute Gasteiger partial charge is 0.0772 e.